The van der Waals surface area contributed by atoms with E-state index in [0.29, 0.717) is 0 Å². The van der Waals surface area contributed by atoms with Crippen LogP contribution in [0.4, 0.5) is 83.4 Å². The lowest BCUT2D eigenvalue weighted by atomic mass is 9.86. The first-order valence-corrected chi connectivity index (χ1v) is 8.24. The summed E-state index contributed by atoms with van der Waals surface area (Å²) in [5.41, 5.74) is 0. The van der Waals surface area contributed by atoms with Crippen molar-refractivity contribution < 1.29 is 103 Å². The van der Waals surface area contributed by atoms with Crippen molar-refractivity contribution in [2.45, 2.75) is 73.0 Å². The van der Waals surface area contributed by atoms with Gasteiger partial charge >= 0.3 is 65.5 Å². The van der Waals surface area contributed by atoms with Crippen LogP contribution in [0.15, 0.2) is 0 Å². The monoisotopic (exact) mass is 600 g/mol. The zero-order valence-corrected chi connectivity index (χ0v) is 16.6. The Kier molecular flexibility index (Phi) is 8.53. The van der Waals surface area contributed by atoms with E-state index < -0.39 is 84.9 Å². The second kappa shape index (κ2) is 9.12. The van der Waals surface area contributed by atoms with Crippen LogP contribution in [0.5, 0.6) is 0 Å². The Morgan fingerprint density at radius 1 is 0.568 bits per heavy atom. The molecular weight excluding hydrogens is 593 g/mol. The van der Waals surface area contributed by atoms with E-state index in [1.807, 2.05) is 0 Å². The summed E-state index contributed by atoms with van der Waals surface area (Å²) in [6.45, 7) is -0.591. The van der Waals surface area contributed by atoms with Crippen LogP contribution in [-0.2, 0) is 14.3 Å². The molecule has 0 saturated heterocycles. The number of rotatable bonds is 11. The molecule has 0 fully saturated rings. The Bertz CT molecular complexity index is 874. The van der Waals surface area contributed by atoms with Crippen LogP contribution in [0.2, 0.25) is 0 Å². The highest BCUT2D eigenvalue weighted by Crippen LogP contribution is 2.65. The minimum absolute atomic E-state index is 0.591. The third kappa shape index (κ3) is 4.80. The Morgan fingerprint density at radius 2 is 0.838 bits per heavy atom. The fourth-order valence-electron chi connectivity index (χ4n) is 2.06. The van der Waals surface area contributed by atoms with Crippen molar-refractivity contribution in [3.63, 3.8) is 0 Å². The molecule has 1 atom stereocenters. The van der Waals surface area contributed by atoms with Crippen LogP contribution < -0.4 is 0 Å². The van der Waals surface area contributed by atoms with Gasteiger partial charge in [-0.15, -0.1) is 0 Å². The Balaban J connectivity index is 6.80. The number of esters is 1. The molecule has 0 spiro atoms. The molecule has 0 rings (SSSR count). The van der Waals surface area contributed by atoms with Gasteiger partial charge in [0.2, 0.25) is 0 Å². The molecule has 0 aliphatic heterocycles. The minimum Gasteiger partial charge on any atom is -0.481 e. The Morgan fingerprint density at radius 3 is 1.11 bits per heavy atom. The van der Waals surface area contributed by atoms with Crippen LogP contribution in [0.3, 0.4) is 0 Å². The molecule has 23 heteroatoms. The normalized spacial score (nSPS) is 16.4. The molecule has 0 radical (unpaired) electrons. The topological polar surface area (TPSA) is 63.6 Å². The van der Waals surface area contributed by atoms with Crippen LogP contribution in [0.1, 0.15) is 13.3 Å². The number of carbonyl (C=O) groups excluding carboxylic acids is 1. The van der Waals surface area contributed by atoms with Crippen molar-refractivity contribution in [3.8, 4) is 0 Å². The number of hydrogen-bond acceptors (Lipinski definition) is 3. The quantitative estimate of drug-likeness (QED) is 0.179. The van der Waals surface area contributed by atoms with Crippen molar-refractivity contribution >= 4 is 11.9 Å². The molecule has 0 aromatic heterocycles. The molecule has 0 aliphatic rings. The highest BCUT2D eigenvalue weighted by molar-refractivity contribution is 5.90. The summed E-state index contributed by atoms with van der Waals surface area (Å²) in [4.78, 5) is 21.0. The molecule has 0 aromatic rings. The molecule has 0 bridgehead atoms. The summed E-state index contributed by atoms with van der Waals surface area (Å²) in [5.74, 6) is -73.0. The fraction of sp³-hybridized carbons (Fsp3) is 0.857. The first-order chi connectivity index (χ1) is 15.7. The maximum absolute atomic E-state index is 13.7. The third-order valence-corrected chi connectivity index (χ3v) is 4.26. The van der Waals surface area contributed by atoms with Gasteiger partial charge in [0.25, 0.3) is 0 Å². The summed E-state index contributed by atoms with van der Waals surface area (Å²) in [5, 5.41) is 8.14. The van der Waals surface area contributed by atoms with E-state index in [-0.39, 0.29) is 0 Å². The zero-order valence-electron chi connectivity index (χ0n) is 16.6. The Labute approximate surface area is 189 Å². The van der Waals surface area contributed by atoms with Gasteiger partial charge in [-0.05, 0) is 6.92 Å². The first kappa shape index (κ1) is 34.6. The smallest absolute Gasteiger partial charge is 0.460 e. The van der Waals surface area contributed by atoms with E-state index in [9.17, 15) is 93.0 Å². The predicted molar refractivity (Wildman–Crippen MR) is 73.4 cm³/mol. The van der Waals surface area contributed by atoms with Crippen LogP contribution in [-0.4, -0.2) is 76.7 Å². The molecular formula is C14H7F19O4. The van der Waals surface area contributed by atoms with Crippen molar-refractivity contribution in [1.29, 1.82) is 0 Å². The Hall–Kier alpha value is -2.39. The summed E-state index contributed by atoms with van der Waals surface area (Å²) < 4.78 is 253. The van der Waals surface area contributed by atoms with Gasteiger partial charge < -0.3 is 9.84 Å². The average molecular weight is 600 g/mol. The molecule has 37 heavy (non-hydrogen) atoms. The van der Waals surface area contributed by atoms with E-state index in [2.05, 4.69) is 4.74 Å². The average Bonchev–Trinajstić information content (AvgIpc) is 2.64. The van der Waals surface area contributed by atoms with Crippen molar-refractivity contribution in [1.82, 2.24) is 0 Å². The fourth-order valence-corrected chi connectivity index (χ4v) is 2.06. The summed E-state index contributed by atoms with van der Waals surface area (Å²) in [7, 11) is 0. The van der Waals surface area contributed by atoms with Crippen molar-refractivity contribution in [3.05, 3.63) is 0 Å². The summed E-state index contributed by atoms with van der Waals surface area (Å²) in [6.07, 6.45) is -14.2. The molecule has 1 unspecified atom stereocenters. The van der Waals surface area contributed by atoms with Gasteiger partial charge in [-0.1, -0.05) is 0 Å². The number of halogens is 19. The number of hydrogen-bond donors (Lipinski definition) is 1. The van der Waals surface area contributed by atoms with Crippen LogP contribution in [0.25, 0.3) is 0 Å². The highest BCUT2D eigenvalue weighted by Gasteiger charge is 2.97. The standard InChI is InChI=1S/C14H7F19O4/c1-3(37-5(36)2-4(34)35)6(15,16)7(17,18)8(19,20)9(21,22)10(23,24)11(25,26)12(27,28)13(29,30)14(31,32)33/h3H,2H2,1H3,(H,34,35). The number of ether oxygens (including phenoxy) is 1. The lowest BCUT2D eigenvalue weighted by Gasteiger charge is -2.44. The molecule has 0 aliphatic carbocycles. The second-order valence-electron chi connectivity index (χ2n) is 6.84. The molecule has 0 amide bonds. The van der Waals surface area contributed by atoms with E-state index in [4.69, 9.17) is 5.11 Å². The molecule has 0 aromatic carbocycles. The molecule has 0 saturated carbocycles. The van der Waals surface area contributed by atoms with Crippen LogP contribution >= 0.6 is 0 Å². The van der Waals surface area contributed by atoms with Gasteiger partial charge in [0.05, 0.1) is 0 Å². The number of aliphatic carboxylic acids is 1. The second-order valence-corrected chi connectivity index (χ2v) is 6.84. The molecule has 1 N–H and O–H groups in total. The third-order valence-electron chi connectivity index (χ3n) is 4.26. The molecule has 4 nitrogen and oxygen atoms in total. The molecule has 220 valence electrons. The van der Waals surface area contributed by atoms with Gasteiger partial charge in [0, 0.05) is 0 Å². The van der Waals surface area contributed by atoms with Crippen LogP contribution in [0, 0.1) is 0 Å². The first-order valence-electron chi connectivity index (χ1n) is 8.24. The van der Waals surface area contributed by atoms with E-state index in [1.54, 1.807) is 0 Å². The summed E-state index contributed by atoms with van der Waals surface area (Å²) >= 11 is 0. The number of carbonyl (C=O) groups is 2. The van der Waals surface area contributed by atoms with E-state index >= 15 is 0 Å². The summed E-state index contributed by atoms with van der Waals surface area (Å²) in [6, 6.07) is 0. The van der Waals surface area contributed by atoms with Gasteiger partial charge in [-0.25, -0.2) is 0 Å². The predicted octanol–water partition coefficient (Wildman–Crippen LogP) is 6.04. The van der Waals surface area contributed by atoms with Gasteiger partial charge in [0.1, 0.15) is 6.42 Å². The van der Waals surface area contributed by atoms with Crippen molar-refractivity contribution in [2.75, 3.05) is 0 Å². The number of carboxylic acid groups (broad SMARTS) is 1. The molecule has 0 heterocycles. The maximum atomic E-state index is 13.7. The van der Waals surface area contributed by atoms with Crippen molar-refractivity contribution in [2.24, 2.45) is 0 Å². The highest BCUT2D eigenvalue weighted by atomic mass is 19.4. The maximum Gasteiger partial charge on any atom is 0.460 e. The minimum atomic E-state index is -9.07. The largest absolute Gasteiger partial charge is 0.481 e. The van der Waals surface area contributed by atoms with Gasteiger partial charge in [-0.3, -0.25) is 9.59 Å². The zero-order chi connectivity index (χ0) is 30.6. The number of carboxylic acids is 1. The number of alkyl halides is 19. The van der Waals surface area contributed by atoms with E-state index in [0.717, 1.165) is 0 Å². The van der Waals surface area contributed by atoms with Gasteiger partial charge in [-0.2, -0.15) is 83.4 Å². The van der Waals surface area contributed by atoms with Gasteiger partial charge in [0.15, 0.2) is 6.10 Å². The van der Waals surface area contributed by atoms with E-state index in [1.165, 1.54) is 0 Å². The lowest BCUT2D eigenvalue weighted by Crippen LogP contribution is -2.76. The lowest BCUT2D eigenvalue weighted by molar-refractivity contribution is -0.470. The SMILES string of the molecule is CC(OC(=O)CC(=O)O)C(F)(F)C(F)(F)C(F)(F)C(F)(F)C(F)(F)C(F)(F)C(F)(F)C(F)(F)C(F)(F)F.